The van der Waals surface area contributed by atoms with E-state index in [0.717, 1.165) is 64.0 Å². The molecule has 288 valence electrons. The van der Waals surface area contributed by atoms with E-state index in [1.807, 2.05) is 51.1 Å². The van der Waals surface area contributed by atoms with E-state index in [9.17, 15) is 14.4 Å². The van der Waals surface area contributed by atoms with Gasteiger partial charge in [0.05, 0.1) is 26.2 Å². The van der Waals surface area contributed by atoms with E-state index < -0.39 is 11.6 Å². The molecule has 11 heteroatoms. The Bertz CT molecular complexity index is 1460. The smallest absolute Gasteiger partial charge is 0.411 e. The monoisotopic (exact) mass is 722 g/mol. The molecule has 1 aromatic carbocycles. The second-order valence-corrected chi connectivity index (χ2v) is 18.0. The lowest BCUT2D eigenvalue weighted by atomic mass is 9.43. The van der Waals surface area contributed by atoms with Crippen molar-refractivity contribution < 1.29 is 33.6 Å². The van der Waals surface area contributed by atoms with E-state index in [4.69, 9.17) is 14.2 Å². The van der Waals surface area contributed by atoms with Crippen molar-refractivity contribution in [1.29, 1.82) is 0 Å². The summed E-state index contributed by atoms with van der Waals surface area (Å²) in [6.07, 6.45) is 7.35. The highest BCUT2D eigenvalue weighted by Gasteiger charge is 2.68. The summed E-state index contributed by atoms with van der Waals surface area (Å²) in [6.45, 7) is 14.9. The molecule has 0 unspecified atom stereocenters. The lowest BCUT2D eigenvalue weighted by Gasteiger charge is -2.64. The van der Waals surface area contributed by atoms with Gasteiger partial charge in [0.2, 0.25) is 0 Å². The van der Waals surface area contributed by atoms with Crippen LogP contribution < -0.4 is 26.3 Å². The number of carbonyl (C=O) groups is 3. The van der Waals surface area contributed by atoms with Crippen LogP contribution in [0.5, 0.6) is 0 Å². The first kappa shape index (κ1) is 38.2. The van der Waals surface area contributed by atoms with Gasteiger partial charge in [-0.3, -0.25) is 25.7 Å². The molecule has 2 amide bonds. The summed E-state index contributed by atoms with van der Waals surface area (Å²) < 4.78 is 18.2. The minimum Gasteiger partial charge on any atom is -0.469 e. The predicted molar refractivity (Wildman–Crippen MR) is 200 cm³/mol. The summed E-state index contributed by atoms with van der Waals surface area (Å²) in [4.78, 5) is 43.1. The van der Waals surface area contributed by atoms with Crippen molar-refractivity contribution in [2.45, 2.75) is 130 Å². The predicted octanol–water partition coefficient (Wildman–Crippen LogP) is 5.35. The zero-order valence-electron chi connectivity index (χ0n) is 32.5. The molecule has 1 heterocycles. The van der Waals surface area contributed by atoms with Crippen LogP contribution in [0.25, 0.3) is 0 Å². The van der Waals surface area contributed by atoms with Crippen LogP contribution in [0.3, 0.4) is 0 Å². The lowest BCUT2D eigenvalue weighted by molar-refractivity contribution is -0.467. The summed E-state index contributed by atoms with van der Waals surface area (Å²) in [5.41, 5.74) is -0.0968. The van der Waals surface area contributed by atoms with Crippen molar-refractivity contribution in [3.8, 4) is 0 Å². The van der Waals surface area contributed by atoms with Gasteiger partial charge in [0, 0.05) is 35.4 Å². The Labute approximate surface area is 310 Å². The molecule has 4 fully saturated rings. The maximum atomic E-state index is 13.7. The SMILES string of the molecule is COC(=O)CC[C@@H](C)[C@H]1CC[C@H]2[C@@H]3[C@H](OC(=O)NC(C)(C)C)C[C@@H]4C[C@H](NC5=[NH+]CCCN5)CC[C@]4(C)[C@H]3C[C@H](OC(=O)Nc3ccccc3)[C@]12C. The molecule has 5 aliphatic rings. The fourth-order valence-corrected chi connectivity index (χ4v) is 11.3. The maximum Gasteiger partial charge on any atom is 0.411 e. The number of rotatable bonds is 8. The molecule has 1 aliphatic heterocycles. The number of nitrogens with one attached hydrogen (secondary N) is 5. The molecular formula is C41H64N5O6+. The minimum atomic E-state index is -0.435. The number of carbonyl (C=O) groups excluding carboxylic acids is 3. The van der Waals surface area contributed by atoms with Gasteiger partial charge in [-0.1, -0.05) is 39.0 Å². The molecule has 4 aliphatic carbocycles. The molecule has 0 radical (unpaired) electrons. The summed E-state index contributed by atoms with van der Waals surface area (Å²) >= 11 is 0. The van der Waals surface area contributed by atoms with Crippen molar-refractivity contribution in [2.24, 2.45) is 46.3 Å². The number of ether oxygens (including phenoxy) is 3. The third-order valence-electron chi connectivity index (χ3n) is 13.8. The number of methoxy groups -OCH3 is 1. The molecule has 11 nitrogen and oxygen atoms in total. The number of esters is 1. The van der Waals surface area contributed by atoms with Crippen molar-refractivity contribution in [3.63, 3.8) is 0 Å². The van der Waals surface area contributed by atoms with E-state index >= 15 is 0 Å². The molecule has 11 atom stereocenters. The Balaban J connectivity index is 1.34. The molecule has 0 spiro atoms. The molecule has 0 saturated heterocycles. The van der Waals surface area contributed by atoms with Crippen LogP contribution in [0.1, 0.15) is 106 Å². The lowest BCUT2D eigenvalue weighted by Crippen LogP contribution is -2.83. The average molecular weight is 723 g/mol. The summed E-state index contributed by atoms with van der Waals surface area (Å²) in [7, 11) is 1.44. The van der Waals surface area contributed by atoms with Crippen LogP contribution in [0.4, 0.5) is 15.3 Å². The fraction of sp³-hybridized carbons (Fsp3) is 0.756. The van der Waals surface area contributed by atoms with Crippen molar-refractivity contribution >= 4 is 29.8 Å². The highest BCUT2D eigenvalue weighted by molar-refractivity contribution is 5.84. The highest BCUT2D eigenvalue weighted by atomic mass is 16.6. The van der Waals surface area contributed by atoms with Crippen LogP contribution in [-0.4, -0.2) is 68.1 Å². The quantitative estimate of drug-likeness (QED) is 0.179. The van der Waals surface area contributed by atoms with Gasteiger partial charge in [-0.25, -0.2) is 9.59 Å². The van der Waals surface area contributed by atoms with Gasteiger partial charge in [0.25, 0.3) is 0 Å². The number of amides is 2. The Morgan fingerprint density at radius 3 is 2.46 bits per heavy atom. The number of hydrogen-bond donors (Lipinski definition) is 5. The van der Waals surface area contributed by atoms with Crippen LogP contribution in [0, 0.1) is 46.3 Å². The second-order valence-electron chi connectivity index (χ2n) is 18.0. The normalized spacial score (nSPS) is 35.9. The number of hydrogen-bond acceptors (Lipinski definition) is 8. The number of benzene rings is 1. The van der Waals surface area contributed by atoms with Crippen LogP contribution in [0.15, 0.2) is 30.3 Å². The van der Waals surface area contributed by atoms with Gasteiger partial charge in [0.15, 0.2) is 0 Å². The molecule has 6 rings (SSSR count). The van der Waals surface area contributed by atoms with Crippen LogP contribution in [-0.2, 0) is 19.0 Å². The van der Waals surface area contributed by atoms with E-state index in [0.29, 0.717) is 36.9 Å². The number of guanidine groups is 1. The molecule has 52 heavy (non-hydrogen) atoms. The first-order valence-corrected chi connectivity index (χ1v) is 19.9. The van der Waals surface area contributed by atoms with Crippen molar-refractivity contribution in [3.05, 3.63) is 30.3 Å². The van der Waals surface area contributed by atoms with E-state index in [1.165, 1.54) is 7.11 Å². The van der Waals surface area contributed by atoms with E-state index in [-0.39, 0.29) is 64.7 Å². The Hall–Kier alpha value is -3.50. The Morgan fingerprint density at radius 2 is 1.77 bits per heavy atom. The molecule has 5 N–H and O–H groups in total. The molecular weight excluding hydrogens is 658 g/mol. The van der Waals surface area contributed by atoms with Gasteiger partial charge < -0.3 is 19.5 Å². The zero-order chi connectivity index (χ0) is 37.3. The average Bonchev–Trinajstić information content (AvgIpc) is 3.46. The Morgan fingerprint density at radius 1 is 1.00 bits per heavy atom. The van der Waals surface area contributed by atoms with E-state index in [1.54, 1.807) is 0 Å². The highest BCUT2D eigenvalue weighted by Crippen LogP contribution is 2.69. The largest absolute Gasteiger partial charge is 0.469 e. The first-order chi connectivity index (χ1) is 24.7. The standard InChI is InChI=1S/C41H63N5O6/c1-25(14-17-34(47)50-7)29-15-16-30-35-31(24-33(41(29,30)6)52-37(48)45-27-12-9-8-10-13-27)40(5)19-18-28(44-36-42-20-11-21-43-36)22-26(40)23-32(35)51-38(49)46-39(2,3)4/h8-10,12-13,25-26,28-33,35H,11,14-24H2,1-7H3,(H,45,48)(H,46,49)(H2,42,43,44)/p+1/t25-,26+,28-,29-,30+,31+,32-,33+,35+,40+,41-/m1/s1. The third kappa shape index (κ3) is 8.03. The molecule has 4 saturated carbocycles. The Kier molecular flexibility index (Phi) is 11.4. The van der Waals surface area contributed by atoms with Crippen LogP contribution >= 0.6 is 0 Å². The van der Waals surface area contributed by atoms with Gasteiger partial charge in [0.1, 0.15) is 12.2 Å². The van der Waals surface area contributed by atoms with E-state index in [2.05, 4.69) is 47.0 Å². The summed E-state index contributed by atoms with van der Waals surface area (Å²) in [5.74, 6) is 2.10. The summed E-state index contributed by atoms with van der Waals surface area (Å²) in [5, 5.41) is 13.3. The second kappa shape index (κ2) is 15.5. The third-order valence-corrected chi connectivity index (χ3v) is 13.8. The number of anilines is 1. The van der Waals surface area contributed by atoms with Gasteiger partial charge in [-0.2, -0.15) is 0 Å². The van der Waals surface area contributed by atoms with Gasteiger partial charge >= 0.3 is 24.1 Å². The molecule has 0 bridgehead atoms. The zero-order valence-corrected chi connectivity index (χ0v) is 32.5. The summed E-state index contributed by atoms with van der Waals surface area (Å²) in [6, 6.07) is 9.78. The van der Waals surface area contributed by atoms with Gasteiger partial charge in [-0.15, -0.1) is 0 Å². The maximum absolute atomic E-state index is 13.7. The first-order valence-electron chi connectivity index (χ1n) is 19.9. The fourth-order valence-electron chi connectivity index (χ4n) is 11.3. The number of alkyl carbamates (subject to hydrolysis) is 1. The molecule has 0 aromatic heterocycles. The number of fused-ring (bicyclic) bond motifs is 5. The molecule has 1 aromatic rings. The van der Waals surface area contributed by atoms with Crippen LogP contribution in [0.2, 0.25) is 0 Å². The van der Waals surface area contributed by atoms with Crippen molar-refractivity contribution in [1.82, 2.24) is 16.0 Å². The minimum absolute atomic E-state index is 0.00523. The van der Waals surface area contributed by atoms with Gasteiger partial charge in [-0.05, 0) is 119 Å². The number of para-hydroxylation sites is 1. The topological polar surface area (TPSA) is 141 Å². The van der Waals surface area contributed by atoms with Crippen molar-refractivity contribution in [2.75, 3.05) is 25.5 Å².